The molecule has 0 radical (unpaired) electrons. The number of nitrogens with zero attached hydrogens (tertiary/aromatic N) is 1. The van der Waals surface area contributed by atoms with Crippen LogP contribution in [0.25, 0.3) is 5.69 Å². The Morgan fingerprint density at radius 2 is 1.70 bits per heavy atom. The van der Waals surface area contributed by atoms with Gasteiger partial charge >= 0.3 is 5.97 Å². The van der Waals surface area contributed by atoms with Crippen molar-refractivity contribution in [2.75, 3.05) is 26.1 Å². The van der Waals surface area contributed by atoms with Crippen molar-refractivity contribution in [2.45, 2.75) is 13.8 Å². The molecule has 1 heterocycles. The minimum Gasteiger partial charge on any atom is -0.497 e. The van der Waals surface area contributed by atoms with Crippen LogP contribution >= 0.6 is 0 Å². The van der Waals surface area contributed by atoms with Gasteiger partial charge in [-0.3, -0.25) is 4.79 Å². The van der Waals surface area contributed by atoms with E-state index in [-0.39, 0.29) is 0 Å². The molecule has 0 fully saturated rings. The summed E-state index contributed by atoms with van der Waals surface area (Å²) in [7, 11) is 3.03. The smallest absolute Gasteiger partial charge is 0.340 e. The first kappa shape index (κ1) is 21.0. The Balaban J connectivity index is 1.69. The number of benzene rings is 2. The number of hydrogen-bond donors (Lipinski definition) is 1. The van der Waals surface area contributed by atoms with Crippen LogP contribution < -0.4 is 14.8 Å². The number of aromatic nitrogens is 1. The third-order valence-corrected chi connectivity index (χ3v) is 4.68. The number of methoxy groups -OCH3 is 2. The Bertz CT molecular complexity index is 1060. The summed E-state index contributed by atoms with van der Waals surface area (Å²) in [5.41, 5.74) is 3.45. The summed E-state index contributed by atoms with van der Waals surface area (Å²) in [5.74, 6) is 0.00291. The van der Waals surface area contributed by atoms with Crippen LogP contribution in [0.3, 0.4) is 0 Å². The number of rotatable bonds is 7. The molecule has 7 heteroatoms. The van der Waals surface area contributed by atoms with Gasteiger partial charge in [-0.15, -0.1) is 0 Å². The van der Waals surface area contributed by atoms with Gasteiger partial charge in [0.1, 0.15) is 11.5 Å². The molecule has 0 bridgehead atoms. The average Bonchev–Trinajstić information content (AvgIpc) is 3.06. The van der Waals surface area contributed by atoms with E-state index in [1.165, 1.54) is 14.2 Å². The molecule has 1 N–H and O–H groups in total. The van der Waals surface area contributed by atoms with Crippen LogP contribution in [-0.2, 0) is 9.53 Å². The quantitative estimate of drug-likeness (QED) is 0.600. The van der Waals surface area contributed by atoms with Crippen LogP contribution in [-0.4, -0.2) is 37.3 Å². The molecular weight excluding hydrogens is 384 g/mol. The van der Waals surface area contributed by atoms with Crippen molar-refractivity contribution in [2.24, 2.45) is 0 Å². The van der Waals surface area contributed by atoms with Gasteiger partial charge in [0.25, 0.3) is 5.91 Å². The molecule has 0 atom stereocenters. The number of carbonyl (C=O) groups is 2. The molecule has 2 aromatic carbocycles. The van der Waals surface area contributed by atoms with Crippen LogP contribution in [0.4, 0.5) is 5.69 Å². The molecule has 3 aromatic rings. The lowest BCUT2D eigenvalue weighted by Gasteiger charge is -2.12. The Labute approximate surface area is 175 Å². The van der Waals surface area contributed by atoms with Crippen molar-refractivity contribution >= 4 is 17.6 Å². The summed E-state index contributed by atoms with van der Waals surface area (Å²) >= 11 is 0. The number of nitrogens with one attached hydrogen (secondary N) is 1. The highest BCUT2D eigenvalue weighted by Crippen LogP contribution is 2.29. The largest absolute Gasteiger partial charge is 0.497 e. The zero-order chi connectivity index (χ0) is 21.7. The third-order valence-electron chi connectivity index (χ3n) is 4.68. The Morgan fingerprint density at radius 3 is 2.37 bits per heavy atom. The van der Waals surface area contributed by atoms with E-state index in [0.29, 0.717) is 22.7 Å². The van der Waals surface area contributed by atoms with Gasteiger partial charge in [-0.2, -0.15) is 0 Å². The minimum atomic E-state index is -0.557. The van der Waals surface area contributed by atoms with Crippen molar-refractivity contribution in [3.05, 3.63) is 71.5 Å². The van der Waals surface area contributed by atoms with E-state index in [2.05, 4.69) is 5.32 Å². The van der Waals surface area contributed by atoms with Crippen LogP contribution in [0.2, 0.25) is 0 Å². The Kier molecular flexibility index (Phi) is 6.41. The first-order chi connectivity index (χ1) is 14.4. The lowest BCUT2D eigenvalue weighted by molar-refractivity contribution is -0.119. The predicted octanol–water partition coefficient (Wildman–Crippen LogP) is 3.91. The number of carbonyl (C=O) groups excluding carboxylic acids is 2. The van der Waals surface area contributed by atoms with Gasteiger partial charge in [0.15, 0.2) is 6.61 Å². The number of anilines is 1. The number of hydrogen-bond acceptors (Lipinski definition) is 5. The first-order valence-electron chi connectivity index (χ1n) is 9.38. The summed E-state index contributed by atoms with van der Waals surface area (Å²) < 4.78 is 17.6. The summed E-state index contributed by atoms with van der Waals surface area (Å²) in [6.45, 7) is 3.34. The molecule has 0 saturated carbocycles. The van der Waals surface area contributed by atoms with Gasteiger partial charge in [-0.1, -0.05) is 18.2 Å². The van der Waals surface area contributed by atoms with Crippen LogP contribution in [0, 0.1) is 13.8 Å². The molecule has 0 unspecified atom stereocenters. The number of ether oxygens (including phenoxy) is 3. The van der Waals surface area contributed by atoms with Crippen molar-refractivity contribution in [3.8, 4) is 17.2 Å². The lowest BCUT2D eigenvalue weighted by Crippen LogP contribution is -2.21. The van der Waals surface area contributed by atoms with E-state index in [4.69, 9.17) is 14.2 Å². The normalized spacial score (nSPS) is 10.4. The SMILES string of the molecule is COc1ccc(OC)c(NC(=O)COC(=O)c2cc(C)n(-c3ccccc3)c2C)c1. The van der Waals surface area contributed by atoms with Crippen molar-refractivity contribution in [1.29, 1.82) is 0 Å². The second-order valence-electron chi connectivity index (χ2n) is 6.65. The minimum absolute atomic E-state index is 0.420. The average molecular weight is 408 g/mol. The molecule has 156 valence electrons. The summed E-state index contributed by atoms with van der Waals surface area (Å²) in [6, 6.07) is 16.5. The van der Waals surface area contributed by atoms with Gasteiger partial charge in [-0.05, 0) is 44.2 Å². The van der Waals surface area contributed by atoms with Crippen molar-refractivity contribution in [3.63, 3.8) is 0 Å². The number of esters is 1. The van der Waals surface area contributed by atoms with Crippen LogP contribution in [0.15, 0.2) is 54.6 Å². The summed E-state index contributed by atoms with van der Waals surface area (Å²) in [6.07, 6.45) is 0. The molecule has 0 aliphatic carbocycles. The summed E-state index contributed by atoms with van der Waals surface area (Å²) in [4.78, 5) is 24.9. The van der Waals surface area contributed by atoms with E-state index in [0.717, 1.165) is 17.1 Å². The van der Waals surface area contributed by atoms with Gasteiger partial charge in [0, 0.05) is 23.1 Å². The molecule has 0 aliphatic heterocycles. The number of para-hydroxylation sites is 1. The highest BCUT2D eigenvalue weighted by atomic mass is 16.5. The number of amides is 1. The second-order valence-corrected chi connectivity index (χ2v) is 6.65. The third kappa shape index (κ3) is 4.46. The molecule has 30 heavy (non-hydrogen) atoms. The molecule has 1 aromatic heterocycles. The zero-order valence-corrected chi connectivity index (χ0v) is 17.4. The fourth-order valence-corrected chi connectivity index (χ4v) is 3.25. The van der Waals surface area contributed by atoms with E-state index in [1.54, 1.807) is 24.3 Å². The maximum absolute atomic E-state index is 12.6. The first-order valence-corrected chi connectivity index (χ1v) is 9.38. The predicted molar refractivity (Wildman–Crippen MR) is 114 cm³/mol. The highest BCUT2D eigenvalue weighted by molar-refractivity contribution is 5.97. The van der Waals surface area contributed by atoms with E-state index < -0.39 is 18.5 Å². The molecular formula is C23H24N2O5. The molecule has 3 rings (SSSR count). The van der Waals surface area contributed by atoms with Gasteiger partial charge < -0.3 is 24.1 Å². The van der Waals surface area contributed by atoms with Gasteiger partial charge in [-0.25, -0.2) is 4.79 Å². The highest BCUT2D eigenvalue weighted by Gasteiger charge is 2.19. The molecule has 0 saturated heterocycles. The van der Waals surface area contributed by atoms with Gasteiger partial charge in [0.05, 0.1) is 25.5 Å². The molecule has 1 amide bonds. The van der Waals surface area contributed by atoms with Gasteiger partial charge in [0.2, 0.25) is 0 Å². The lowest BCUT2D eigenvalue weighted by atomic mass is 10.2. The van der Waals surface area contributed by atoms with E-state index in [9.17, 15) is 9.59 Å². The van der Waals surface area contributed by atoms with Crippen LogP contribution in [0.5, 0.6) is 11.5 Å². The summed E-state index contributed by atoms with van der Waals surface area (Å²) in [5, 5.41) is 2.67. The van der Waals surface area contributed by atoms with E-state index in [1.807, 2.05) is 48.7 Å². The Hall–Kier alpha value is -3.74. The standard InChI is InChI=1S/C23H24N2O5/c1-15-12-19(16(2)25(15)17-8-6-5-7-9-17)23(27)30-14-22(26)24-20-13-18(28-3)10-11-21(20)29-4/h5-13H,14H2,1-4H3,(H,24,26). The van der Waals surface area contributed by atoms with Crippen LogP contribution in [0.1, 0.15) is 21.7 Å². The van der Waals surface area contributed by atoms with Crippen molar-refractivity contribution in [1.82, 2.24) is 4.57 Å². The fourth-order valence-electron chi connectivity index (χ4n) is 3.25. The number of aryl methyl sites for hydroxylation is 1. The zero-order valence-electron chi connectivity index (χ0n) is 17.4. The maximum atomic E-state index is 12.6. The fraction of sp³-hybridized carbons (Fsp3) is 0.217. The van der Waals surface area contributed by atoms with Crippen molar-refractivity contribution < 1.29 is 23.8 Å². The maximum Gasteiger partial charge on any atom is 0.340 e. The monoisotopic (exact) mass is 408 g/mol. The molecule has 7 nitrogen and oxygen atoms in total. The molecule has 0 spiro atoms. The van der Waals surface area contributed by atoms with E-state index >= 15 is 0 Å². The molecule has 0 aliphatic rings. The topological polar surface area (TPSA) is 78.8 Å². The Morgan fingerprint density at radius 1 is 0.967 bits per heavy atom. The second kappa shape index (κ2) is 9.17.